The molecule has 8 heteroatoms. The van der Waals surface area contributed by atoms with Gasteiger partial charge in [-0.1, -0.05) is 0 Å². The van der Waals surface area contributed by atoms with Gasteiger partial charge in [-0.15, -0.1) is 0 Å². The van der Waals surface area contributed by atoms with E-state index in [1.54, 1.807) is 16.9 Å². The second kappa shape index (κ2) is 4.71. The van der Waals surface area contributed by atoms with Crippen LogP contribution in [0.25, 0.3) is 17.0 Å². The molecule has 102 valence electrons. The lowest BCUT2D eigenvalue weighted by Crippen LogP contribution is -2.01. The molecule has 0 spiro atoms. The maximum absolute atomic E-state index is 11.0. The summed E-state index contributed by atoms with van der Waals surface area (Å²) in [6, 6.07) is 3.18. The van der Waals surface area contributed by atoms with Crippen LogP contribution in [0.15, 0.2) is 29.0 Å². The molecule has 3 aromatic rings. The summed E-state index contributed by atoms with van der Waals surface area (Å²) < 4.78 is 4.09. The second-order valence-corrected chi connectivity index (χ2v) is 4.97. The molecule has 0 radical (unpaired) electrons. The zero-order valence-corrected chi connectivity index (χ0v) is 12.1. The molecule has 0 amide bonds. The van der Waals surface area contributed by atoms with E-state index < -0.39 is 5.97 Å². The molecule has 3 aromatic heterocycles. The first-order chi connectivity index (χ1) is 9.60. The van der Waals surface area contributed by atoms with E-state index in [0.717, 1.165) is 11.0 Å². The van der Waals surface area contributed by atoms with Gasteiger partial charge in [0, 0.05) is 25.0 Å². The summed E-state index contributed by atoms with van der Waals surface area (Å²) in [5.74, 6) is -1.08. The fraction of sp³-hybridized carbons (Fsp3) is 0.167. The SMILES string of the molecule is CCn1cc(Br)c(-c2ccnc3cc(C(=O)O)nn23)n1. The van der Waals surface area contributed by atoms with Crippen LogP contribution >= 0.6 is 15.9 Å². The Hall–Kier alpha value is -2.22. The van der Waals surface area contributed by atoms with Crippen molar-refractivity contribution in [1.29, 1.82) is 0 Å². The molecule has 0 bridgehead atoms. The molecular formula is C12H10BrN5O2. The fourth-order valence-electron chi connectivity index (χ4n) is 1.91. The number of hydrogen-bond acceptors (Lipinski definition) is 4. The predicted molar refractivity (Wildman–Crippen MR) is 74.5 cm³/mol. The highest BCUT2D eigenvalue weighted by Crippen LogP contribution is 2.26. The molecule has 0 saturated heterocycles. The van der Waals surface area contributed by atoms with E-state index in [1.165, 1.54) is 10.6 Å². The average Bonchev–Trinajstić information content (AvgIpc) is 3.01. The third-order valence-electron chi connectivity index (χ3n) is 2.86. The van der Waals surface area contributed by atoms with Gasteiger partial charge in [0.05, 0.1) is 10.2 Å². The molecule has 1 N–H and O–H groups in total. The van der Waals surface area contributed by atoms with Gasteiger partial charge in [-0.3, -0.25) is 4.68 Å². The lowest BCUT2D eigenvalue weighted by molar-refractivity contribution is 0.0690. The Kier molecular flexibility index (Phi) is 3.01. The quantitative estimate of drug-likeness (QED) is 0.791. The standard InChI is InChI=1S/C12H10BrN5O2/c1-2-17-6-7(13)11(16-17)9-3-4-14-10-5-8(12(19)20)15-18(9)10/h3-6H,2H2,1H3,(H,19,20). The maximum atomic E-state index is 11.0. The lowest BCUT2D eigenvalue weighted by atomic mass is 10.3. The number of carboxylic acid groups (broad SMARTS) is 1. The van der Waals surface area contributed by atoms with Gasteiger partial charge >= 0.3 is 5.97 Å². The van der Waals surface area contributed by atoms with Gasteiger partial charge < -0.3 is 5.11 Å². The number of aromatic nitrogens is 5. The lowest BCUT2D eigenvalue weighted by Gasteiger charge is -2.01. The molecule has 0 fully saturated rings. The van der Waals surface area contributed by atoms with E-state index in [9.17, 15) is 4.79 Å². The Morgan fingerprint density at radius 1 is 1.45 bits per heavy atom. The fourth-order valence-corrected chi connectivity index (χ4v) is 2.43. The molecule has 3 heterocycles. The van der Waals surface area contributed by atoms with Crippen LogP contribution in [0.3, 0.4) is 0 Å². The Labute approximate surface area is 122 Å². The van der Waals surface area contributed by atoms with E-state index in [1.807, 2.05) is 13.1 Å². The summed E-state index contributed by atoms with van der Waals surface area (Å²) in [7, 11) is 0. The van der Waals surface area contributed by atoms with Crippen molar-refractivity contribution in [3.05, 3.63) is 34.7 Å². The number of carboxylic acids is 1. The van der Waals surface area contributed by atoms with E-state index in [0.29, 0.717) is 17.0 Å². The van der Waals surface area contributed by atoms with E-state index in [4.69, 9.17) is 5.11 Å². The van der Waals surface area contributed by atoms with Crippen molar-refractivity contribution in [2.75, 3.05) is 0 Å². The van der Waals surface area contributed by atoms with Crippen LogP contribution in [-0.4, -0.2) is 35.5 Å². The Morgan fingerprint density at radius 2 is 2.25 bits per heavy atom. The smallest absolute Gasteiger partial charge is 0.356 e. The van der Waals surface area contributed by atoms with Gasteiger partial charge in [-0.25, -0.2) is 14.3 Å². The largest absolute Gasteiger partial charge is 0.476 e. The summed E-state index contributed by atoms with van der Waals surface area (Å²) in [6.07, 6.45) is 3.47. The van der Waals surface area contributed by atoms with Crippen molar-refractivity contribution >= 4 is 27.5 Å². The maximum Gasteiger partial charge on any atom is 0.356 e. The molecule has 3 rings (SSSR count). The minimum atomic E-state index is -1.08. The molecule has 0 saturated carbocycles. The molecule has 0 aliphatic rings. The highest BCUT2D eigenvalue weighted by atomic mass is 79.9. The molecule has 20 heavy (non-hydrogen) atoms. The molecule has 0 aromatic carbocycles. The first kappa shape index (κ1) is 12.8. The molecule has 0 aliphatic heterocycles. The van der Waals surface area contributed by atoms with Crippen LogP contribution in [-0.2, 0) is 6.54 Å². The average molecular weight is 336 g/mol. The van der Waals surface area contributed by atoms with Crippen LogP contribution in [0.4, 0.5) is 0 Å². The monoisotopic (exact) mass is 335 g/mol. The Balaban J connectivity index is 2.24. The summed E-state index contributed by atoms with van der Waals surface area (Å²) in [5.41, 5.74) is 1.80. The van der Waals surface area contributed by atoms with Crippen LogP contribution in [0.1, 0.15) is 17.4 Å². The van der Waals surface area contributed by atoms with Crippen LogP contribution in [0, 0.1) is 0 Å². The van der Waals surface area contributed by atoms with Gasteiger partial charge in [0.25, 0.3) is 0 Å². The molecule has 0 atom stereocenters. The third kappa shape index (κ3) is 1.97. The van der Waals surface area contributed by atoms with E-state index >= 15 is 0 Å². The number of aromatic carboxylic acids is 1. The first-order valence-corrected chi connectivity index (χ1v) is 6.71. The van der Waals surface area contributed by atoms with Crippen LogP contribution in [0.2, 0.25) is 0 Å². The molecule has 0 unspecified atom stereocenters. The van der Waals surface area contributed by atoms with Crippen LogP contribution in [0.5, 0.6) is 0 Å². The summed E-state index contributed by atoms with van der Waals surface area (Å²) in [4.78, 5) is 15.1. The number of fused-ring (bicyclic) bond motifs is 1. The second-order valence-electron chi connectivity index (χ2n) is 4.12. The molecule has 0 aliphatic carbocycles. The Morgan fingerprint density at radius 3 is 2.90 bits per heavy atom. The van der Waals surface area contributed by atoms with Crippen molar-refractivity contribution in [2.45, 2.75) is 13.5 Å². The minimum Gasteiger partial charge on any atom is -0.476 e. The number of halogens is 1. The summed E-state index contributed by atoms with van der Waals surface area (Å²) >= 11 is 3.45. The minimum absolute atomic E-state index is 0.0454. The van der Waals surface area contributed by atoms with Gasteiger partial charge in [0.1, 0.15) is 5.69 Å². The third-order valence-corrected chi connectivity index (χ3v) is 3.44. The molecule has 7 nitrogen and oxygen atoms in total. The van der Waals surface area contributed by atoms with Gasteiger partial charge in [-0.05, 0) is 28.9 Å². The first-order valence-electron chi connectivity index (χ1n) is 5.91. The highest BCUT2D eigenvalue weighted by molar-refractivity contribution is 9.10. The van der Waals surface area contributed by atoms with Crippen molar-refractivity contribution in [2.24, 2.45) is 0 Å². The van der Waals surface area contributed by atoms with Crippen molar-refractivity contribution in [3.63, 3.8) is 0 Å². The summed E-state index contributed by atoms with van der Waals surface area (Å²) in [6.45, 7) is 2.73. The zero-order valence-electron chi connectivity index (χ0n) is 10.5. The topological polar surface area (TPSA) is 85.3 Å². The zero-order chi connectivity index (χ0) is 14.3. The number of carbonyl (C=O) groups is 1. The number of rotatable bonds is 3. The number of nitrogens with zero attached hydrogens (tertiary/aromatic N) is 5. The number of aryl methyl sites for hydroxylation is 1. The predicted octanol–water partition coefficient (Wildman–Crippen LogP) is 2.07. The van der Waals surface area contributed by atoms with Crippen LogP contribution < -0.4 is 0 Å². The van der Waals surface area contributed by atoms with Gasteiger partial charge in [-0.2, -0.15) is 10.2 Å². The normalized spacial score (nSPS) is 11.1. The van der Waals surface area contributed by atoms with Crippen molar-refractivity contribution < 1.29 is 9.90 Å². The van der Waals surface area contributed by atoms with Crippen molar-refractivity contribution in [1.82, 2.24) is 24.4 Å². The number of hydrogen-bond donors (Lipinski definition) is 1. The van der Waals surface area contributed by atoms with Gasteiger partial charge in [0.2, 0.25) is 0 Å². The highest BCUT2D eigenvalue weighted by Gasteiger charge is 2.16. The van der Waals surface area contributed by atoms with E-state index in [2.05, 4.69) is 31.1 Å². The molecular weight excluding hydrogens is 326 g/mol. The van der Waals surface area contributed by atoms with E-state index in [-0.39, 0.29) is 5.69 Å². The van der Waals surface area contributed by atoms with Gasteiger partial charge in [0.15, 0.2) is 11.3 Å². The Bertz CT molecular complexity index is 807. The summed E-state index contributed by atoms with van der Waals surface area (Å²) in [5, 5.41) is 17.5. The van der Waals surface area contributed by atoms with Crippen molar-refractivity contribution in [3.8, 4) is 11.4 Å².